The maximum atomic E-state index is 11.9. The minimum atomic E-state index is -0.744. The van der Waals surface area contributed by atoms with Crippen LogP contribution in [0, 0.1) is 11.3 Å². The van der Waals surface area contributed by atoms with E-state index in [4.69, 9.17) is 4.74 Å². The second kappa shape index (κ2) is 6.66. The zero-order chi connectivity index (χ0) is 15.5. The first-order chi connectivity index (χ1) is 9.83. The monoisotopic (exact) mass is 297 g/mol. The number of aliphatic carboxylic acids is 1. The van der Waals surface area contributed by atoms with Crippen LogP contribution >= 0.6 is 0 Å². The highest BCUT2D eigenvalue weighted by molar-refractivity contribution is 5.78. The number of hydrogen-bond donors (Lipinski definition) is 2. The van der Waals surface area contributed by atoms with Crippen molar-refractivity contribution in [3.63, 3.8) is 0 Å². The van der Waals surface area contributed by atoms with E-state index in [0.717, 1.165) is 51.6 Å². The van der Waals surface area contributed by atoms with Gasteiger partial charge in [0.2, 0.25) is 0 Å². The summed E-state index contributed by atoms with van der Waals surface area (Å²) in [4.78, 5) is 11.9. The molecular weight excluding hydrogens is 266 g/mol. The van der Waals surface area contributed by atoms with Crippen LogP contribution in [0.4, 0.5) is 0 Å². The fourth-order valence-electron chi connectivity index (χ4n) is 3.79. The van der Waals surface area contributed by atoms with Gasteiger partial charge in [0.25, 0.3) is 0 Å². The van der Waals surface area contributed by atoms with Crippen LogP contribution in [0.3, 0.4) is 0 Å². The Labute approximate surface area is 128 Å². The Hall–Kier alpha value is -0.610. The summed E-state index contributed by atoms with van der Waals surface area (Å²) in [6.07, 6.45) is 6.94. The molecule has 21 heavy (non-hydrogen) atoms. The lowest BCUT2D eigenvalue weighted by atomic mass is 9.76. The van der Waals surface area contributed by atoms with Crippen molar-refractivity contribution in [1.29, 1.82) is 0 Å². The van der Waals surface area contributed by atoms with E-state index in [1.54, 1.807) is 0 Å². The van der Waals surface area contributed by atoms with Gasteiger partial charge in [-0.25, -0.2) is 0 Å². The van der Waals surface area contributed by atoms with Gasteiger partial charge >= 0.3 is 5.97 Å². The van der Waals surface area contributed by atoms with Gasteiger partial charge in [-0.1, -0.05) is 27.2 Å². The number of nitrogens with one attached hydrogen (secondary N) is 1. The molecule has 2 N–H and O–H groups in total. The van der Waals surface area contributed by atoms with Crippen LogP contribution in [0.15, 0.2) is 0 Å². The van der Waals surface area contributed by atoms with Crippen molar-refractivity contribution in [2.75, 3.05) is 13.2 Å². The predicted molar refractivity (Wildman–Crippen MR) is 83.4 cm³/mol. The van der Waals surface area contributed by atoms with Crippen LogP contribution in [0.2, 0.25) is 0 Å². The second-order valence-electron chi connectivity index (χ2n) is 7.90. The zero-order valence-corrected chi connectivity index (χ0v) is 13.8. The summed E-state index contributed by atoms with van der Waals surface area (Å²) < 4.78 is 5.62. The fraction of sp³-hybridized carbons (Fsp3) is 0.941. The number of rotatable bonds is 4. The standard InChI is InChI=1S/C17H31NO3/c1-16(2,3)13-6-4-9-17(10-8-13,15(19)20)18-12-14-7-5-11-21-14/h13-14,18H,4-12H2,1-3H3,(H,19,20). The third-order valence-electron chi connectivity index (χ3n) is 5.40. The Kier molecular flexibility index (Phi) is 5.31. The molecule has 0 bridgehead atoms. The third-order valence-corrected chi connectivity index (χ3v) is 5.40. The quantitative estimate of drug-likeness (QED) is 0.782. The van der Waals surface area contributed by atoms with E-state index in [-0.39, 0.29) is 11.5 Å². The molecule has 0 amide bonds. The molecule has 1 saturated heterocycles. The number of hydrogen-bond acceptors (Lipinski definition) is 3. The molecule has 2 rings (SSSR count). The van der Waals surface area contributed by atoms with E-state index < -0.39 is 11.5 Å². The summed E-state index contributed by atoms with van der Waals surface area (Å²) in [5.41, 5.74) is -0.477. The zero-order valence-electron chi connectivity index (χ0n) is 13.8. The van der Waals surface area contributed by atoms with Crippen molar-refractivity contribution in [2.24, 2.45) is 11.3 Å². The van der Waals surface area contributed by atoms with Crippen LogP contribution in [0.1, 0.15) is 65.7 Å². The van der Waals surface area contributed by atoms with Gasteiger partial charge < -0.3 is 9.84 Å². The molecule has 1 heterocycles. The van der Waals surface area contributed by atoms with Gasteiger partial charge in [-0.2, -0.15) is 0 Å². The highest BCUT2D eigenvalue weighted by Crippen LogP contribution is 2.39. The Morgan fingerprint density at radius 3 is 2.57 bits per heavy atom. The van der Waals surface area contributed by atoms with Crippen molar-refractivity contribution < 1.29 is 14.6 Å². The summed E-state index contributed by atoms with van der Waals surface area (Å²) in [5.74, 6) is -0.0710. The van der Waals surface area contributed by atoms with Gasteiger partial charge in [-0.15, -0.1) is 0 Å². The maximum Gasteiger partial charge on any atom is 0.323 e. The molecular formula is C17H31NO3. The molecule has 1 aliphatic carbocycles. The van der Waals surface area contributed by atoms with Crippen LogP contribution in [0.5, 0.6) is 0 Å². The van der Waals surface area contributed by atoms with Crippen molar-refractivity contribution >= 4 is 5.97 Å². The predicted octanol–water partition coefficient (Wildman–Crippen LogP) is 3.20. The van der Waals surface area contributed by atoms with Gasteiger partial charge in [0.15, 0.2) is 0 Å². The number of carboxylic acid groups (broad SMARTS) is 1. The number of ether oxygens (including phenoxy) is 1. The summed E-state index contributed by atoms with van der Waals surface area (Å²) in [7, 11) is 0. The van der Waals surface area contributed by atoms with Gasteiger partial charge in [0.05, 0.1) is 6.10 Å². The van der Waals surface area contributed by atoms with E-state index in [1.807, 2.05) is 0 Å². The number of carbonyl (C=O) groups is 1. The SMILES string of the molecule is CC(C)(C)C1CCCC(NCC2CCCO2)(C(=O)O)CC1. The molecule has 0 aromatic heterocycles. The molecule has 4 heteroatoms. The van der Waals surface area contributed by atoms with E-state index in [9.17, 15) is 9.90 Å². The highest BCUT2D eigenvalue weighted by atomic mass is 16.5. The van der Waals surface area contributed by atoms with Crippen molar-refractivity contribution in [1.82, 2.24) is 5.32 Å². The van der Waals surface area contributed by atoms with Gasteiger partial charge in [-0.3, -0.25) is 10.1 Å². The molecule has 3 atom stereocenters. The lowest BCUT2D eigenvalue weighted by molar-refractivity contribution is -0.145. The fourth-order valence-corrected chi connectivity index (χ4v) is 3.79. The molecule has 0 aromatic carbocycles. The number of carboxylic acids is 1. The molecule has 122 valence electrons. The summed E-state index contributed by atoms with van der Waals surface area (Å²) in [6, 6.07) is 0. The Morgan fingerprint density at radius 2 is 2.00 bits per heavy atom. The van der Waals surface area contributed by atoms with E-state index in [2.05, 4.69) is 26.1 Å². The molecule has 0 radical (unpaired) electrons. The lowest BCUT2D eigenvalue weighted by Gasteiger charge is -2.32. The summed E-state index contributed by atoms with van der Waals surface area (Å²) in [5, 5.41) is 13.1. The minimum Gasteiger partial charge on any atom is -0.480 e. The molecule has 4 nitrogen and oxygen atoms in total. The molecule has 3 unspecified atom stereocenters. The molecule has 2 aliphatic rings. The van der Waals surface area contributed by atoms with Crippen LogP contribution in [0.25, 0.3) is 0 Å². The lowest BCUT2D eigenvalue weighted by Crippen LogP contribution is -2.54. The van der Waals surface area contributed by atoms with Crippen molar-refractivity contribution in [3.8, 4) is 0 Å². The van der Waals surface area contributed by atoms with Crippen LogP contribution < -0.4 is 5.32 Å². The average Bonchev–Trinajstić information content (AvgIpc) is 2.80. The highest BCUT2D eigenvalue weighted by Gasteiger charge is 2.42. The maximum absolute atomic E-state index is 11.9. The minimum absolute atomic E-state index is 0.197. The Balaban J connectivity index is 1.98. The smallest absolute Gasteiger partial charge is 0.323 e. The topological polar surface area (TPSA) is 58.6 Å². The molecule has 0 spiro atoms. The average molecular weight is 297 g/mol. The largest absolute Gasteiger partial charge is 0.480 e. The summed E-state index contributed by atoms with van der Waals surface area (Å²) >= 11 is 0. The molecule has 1 saturated carbocycles. The van der Waals surface area contributed by atoms with Crippen molar-refractivity contribution in [3.05, 3.63) is 0 Å². The first-order valence-corrected chi connectivity index (χ1v) is 8.43. The second-order valence-corrected chi connectivity index (χ2v) is 7.90. The van der Waals surface area contributed by atoms with E-state index in [0.29, 0.717) is 12.5 Å². The Bertz CT molecular complexity index is 358. The normalized spacial score (nSPS) is 34.6. The third kappa shape index (κ3) is 4.19. The van der Waals surface area contributed by atoms with Crippen molar-refractivity contribution in [2.45, 2.75) is 77.4 Å². The first kappa shape index (κ1) is 16.8. The molecule has 1 aliphatic heterocycles. The molecule has 0 aromatic rings. The van der Waals surface area contributed by atoms with Gasteiger partial charge in [0.1, 0.15) is 5.54 Å². The van der Waals surface area contributed by atoms with Crippen LogP contribution in [-0.4, -0.2) is 35.9 Å². The van der Waals surface area contributed by atoms with E-state index in [1.165, 1.54) is 0 Å². The Morgan fingerprint density at radius 1 is 1.24 bits per heavy atom. The van der Waals surface area contributed by atoms with Gasteiger partial charge in [-0.05, 0) is 49.9 Å². The summed E-state index contributed by atoms with van der Waals surface area (Å²) in [6.45, 7) is 8.30. The first-order valence-electron chi connectivity index (χ1n) is 8.43. The van der Waals surface area contributed by atoms with E-state index >= 15 is 0 Å². The van der Waals surface area contributed by atoms with Crippen LogP contribution in [-0.2, 0) is 9.53 Å². The van der Waals surface area contributed by atoms with Gasteiger partial charge in [0, 0.05) is 13.2 Å². The molecule has 2 fully saturated rings.